The Morgan fingerprint density at radius 1 is 1.40 bits per heavy atom. The van der Waals surface area contributed by atoms with Gasteiger partial charge in [-0.3, -0.25) is 0 Å². The van der Waals surface area contributed by atoms with Gasteiger partial charge < -0.3 is 10.4 Å². The summed E-state index contributed by atoms with van der Waals surface area (Å²) < 4.78 is 0. The molecule has 1 aromatic rings. The summed E-state index contributed by atoms with van der Waals surface area (Å²) in [5.41, 5.74) is 2.48. The summed E-state index contributed by atoms with van der Waals surface area (Å²) in [5.74, 6) is 0.764. The van der Waals surface area contributed by atoms with Gasteiger partial charge in [-0.15, -0.1) is 0 Å². The second kappa shape index (κ2) is 6.08. The molecule has 2 rings (SSSR count). The predicted octanol–water partition coefficient (Wildman–Crippen LogP) is 3.50. The first kappa shape index (κ1) is 15.9. The van der Waals surface area contributed by atoms with Crippen molar-refractivity contribution in [2.75, 3.05) is 18.6 Å². The number of hydrogen-bond donors (Lipinski definition) is 2. The quantitative estimate of drug-likeness (QED) is 0.871. The molecule has 1 aliphatic carbocycles. The molecule has 0 aromatic heterocycles. The van der Waals surface area contributed by atoms with Crippen molar-refractivity contribution in [1.29, 1.82) is 0 Å². The van der Waals surface area contributed by atoms with Crippen molar-refractivity contribution in [2.24, 2.45) is 0 Å². The fourth-order valence-electron chi connectivity index (χ4n) is 3.13. The molecule has 112 valence electrons. The Hall–Kier alpha value is -0.510. The minimum Gasteiger partial charge on any atom is -0.388 e. The fraction of sp³-hybridized carbons (Fsp3) is 0.647. The van der Waals surface area contributed by atoms with Crippen molar-refractivity contribution in [2.45, 2.75) is 50.7 Å². The third kappa shape index (κ3) is 3.57. The lowest BCUT2D eigenvalue weighted by Crippen LogP contribution is -2.43. The number of rotatable bonds is 5. The van der Waals surface area contributed by atoms with E-state index in [0.29, 0.717) is 12.6 Å². The van der Waals surface area contributed by atoms with Crippen LogP contribution in [0.2, 0.25) is 0 Å². The average molecular weight is 293 g/mol. The van der Waals surface area contributed by atoms with Crippen molar-refractivity contribution in [1.82, 2.24) is 5.32 Å². The molecule has 0 heterocycles. The lowest BCUT2D eigenvalue weighted by molar-refractivity contribution is 0.0800. The van der Waals surface area contributed by atoms with Gasteiger partial charge in [0.15, 0.2) is 0 Å². The summed E-state index contributed by atoms with van der Waals surface area (Å²) in [6.45, 7) is 7.21. The fourth-order valence-corrected chi connectivity index (χ4v) is 3.85. The smallest absolute Gasteiger partial charge is 0.0833 e. The normalized spacial score (nSPS) is 23.9. The average Bonchev–Trinajstić information content (AvgIpc) is 2.38. The van der Waals surface area contributed by atoms with Crippen LogP contribution in [-0.2, 0) is 5.41 Å². The van der Waals surface area contributed by atoms with E-state index in [9.17, 15) is 5.11 Å². The van der Waals surface area contributed by atoms with Gasteiger partial charge in [0, 0.05) is 18.3 Å². The molecular formula is C17H27NOS. The van der Waals surface area contributed by atoms with Crippen LogP contribution in [-0.4, -0.2) is 29.3 Å². The summed E-state index contributed by atoms with van der Waals surface area (Å²) in [6.07, 6.45) is 4.36. The first-order valence-corrected chi connectivity index (χ1v) is 8.79. The van der Waals surface area contributed by atoms with Crippen LogP contribution < -0.4 is 5.32 Å². The van der Waals surface area contributed by atoms with Gasteiger partial charge in [-0.05, 0) is 42.6 Å². The molecule has 0 amide bonds. The van der Waals surface area contributed by atoms with Crippen LogP contribution in [0, 0.1) is 0 Å². The standard InChI is InChI=1S/C17H27NOS/c1-16(2)10-9-15(13-7-5-6-8-14(13)16)18-11-17(3,19)12-20-4/h5-8,15,18-19H,9-12H2,1-4H3. The highest BCUT2D eigenvalue weighted by Gasteiger charge is 2.33. The Morgan fingerprint density at radius 2 is 2.10 bits per heavy atom. The topological polar surface area (TPSA) is 32.3 Å². The number of thioether (sulfide) groups is 1. The Bertz CT molecular complexity index is 456. The minimum atomic E-state index is -0.638. The van der Waals surface area contributed by atoms with E-state index in [-0.39, 0.29) is 5.41 Å². The van der Waals surface area contributed by atoms with E-state index in [1.165, 1.54) is 17.5 Å². The van der Waals surface area contributed by atoms with E-state index in [1.54, 1.807) is 11.8 Å². The molecule has 0 fully saturated rings. The number of benzene rings is 1. The molecule has 2 atom stereocenters. The molecule has 20 heavy (non-hydrogen) atoms. The van der Waals surface area contributed by atoms with E-state index < -0.39 is 5.60 Å². The van der Waals surface area contributed by atoms with Gasteiger partial charge in [-0.25, -0.2) is 0 Å². The highest BCUT2D eigenvalue weighted by molar-refractivity contribution is 7.98. The van der Waals surface area contributed by atoms with Gasteiger partial charge in [0.1, 0.15) is 0 Å². The zero-order valence-corrected chi connectivity index (χ0v) is 13.9. The van der Waals surface area contributed by atoms with Crippen LogP contribution in [0.3, 0.4) is 0 Å². The maximum Gasteiger partial charge on any atom is 0.0833 e. The third-order valence-electron chi connectivity index (χ3n) is 4.31. The number of fused-ring (bicyclic) bond motifs is 1. The lowest BCUT2D eigenvalue weighted by Gasteiger charge is -2.38. The SMILES string of the molecule is CSCC(C)(O)CNC1CCC(C)(C)c2ccccc21. The molecule has 0 saturated carbocycles. The molecule has 2 unspecified atom stereocenters. The van der Waals surface area contributed by atoms with E-state index in [0.717, 1.165) is 12.2 Å². The van der Waals surface area contributed by atoms with Crippen LogP contribution in [0.25, 0.3) is 0 Å². The first-order valence-electron chi connectivity index (χ1n) is 7.40. The molecule has 0 radical (unpaired) electrons. The van der Waals surface area contributed by atoms with Crippen molar-refractivity contribution in [3.05, 3.63) is 35.4 Å². The van der Waals surface area contributed by atoms with E-state index in [2.05, 4.69) is 43.4 Å². The van der Waals surface area contributed by atoms with Crippen molar-refractivity contribution >= 4 is 11.8 Å². The molecule has 2 nitrogen and oxygen atoms in total. The lowest BCUT2D eigenvalue weighted by atomic mass is 9.71. The maximum atomic E-state index is 10.3. The molecule has 0 saturated heterocycles. The van der Waals surface area contributed by atoms with Gasteiger partial charge in [0.25, 0.3) is 0 Å². The van der Waals surface area contributed by atoms with Gasteiger partial charge in [0.05, 0.1) is 5.60 Å². The van der Waals surface area contributed by atoms with Crippen LogP contribution in [0.5, 0.6) is 0 Å². The van der Waals surface area contributed by atoms with E-state index in [1.807, 2.05) is 13.2 Å². The Kier molecular flexibility index (Phi) is 4.83. The first-order chi connectivity index (χ1) is 9.36. The summed E-state index contributed by atoms with van der Waals surface area (Å²) in [6, 6.07) is 9.11. The molecule has 0 bridgehead atoms. The van der Waals surface area contributed by atoms with E-state index >= 15 is 0 Å². The summed E-state index contributed by atoms with van der Waals surface area (Å²) in [4.78, 5) is 0. The third-order valence-corrected chi connectivity index (χ3v) is 5.22. The maximum absolute atomic E-state index is 10.3. The molecule has 1 aliphatic rings. The molecule has 0 aliphatic heterocycles. The highest BCUT2D eigenvalue weighted by Crippen LogP contribution is 2.41. The Morgan fingerprint density at radius 3 is 2.80 bits per heavy atom. The monoisotopic (exact) mass is 293 g/mol. The summed E-state index contributed by atoms with van der Waals surface area (Å²) in [7, 11) is 0. The molecule has 3 heteroatoms. The van der Waals surface area contributed by atoms with Crippen LogP contribution in [0.1, 0.15) is 50.8 Å². The highest BCUT2D eigenvalue weighted by atomic mass is 32.2. The van der Waals surface area contributed by atoms with Crippen LogP contribution >= 0.6 is 11.8 Å². The summed E-state index contributed by atoms with van der Waals surface area (Å²) >= 11 is 1.69. The second-order valence-corrected chi connectivity index (χ2v) is 7.74. The molecule has 0 spiro atoms. The van der Waals surface area contributed by atoms with Crippen LogP contribution in [0.4, 0.5) is 0 Å². The molecule has 2 N–H and O–H groups in total. The minimum absolute atomic E-state index is 0.260. The number of nitrogens with one attached hydrogen (secondary N) is 1. The zero-order chi connectivity index (χ0) is 14.8. The number of hydrogen-bond acceptors (Lipinski definition) is 3. The van der Waals surface area contributed by atoms with Crippen molar-refractivity contribution in [3.63, 3.8) is 0 Å². The molecule has 1 aromatic carbocycles. The van der Waals surface area contributed by atoms with Gasteiger partial charge >= 0.3 is 0 Å². The van der Waals surface area contributed by atoms with E-state index in [4.69, 9.17) is 0 Å². The van der Waals surface area contributed by atoms with Crippen LogP contribution in [0.15, 0.2) is 24.3 Å². The van der Waals surface area contributed by atoms with Crippen molar-refractivity contribution < 1.29 is 5.11 Å². The number of aliphatic hydroxyl groups is 1. The Labute approximate surface area is 127 Å². The van der Waals surface area contributed by atoms with Gasteiger partial charge in [-0.1, -0.05) is 38.1 Å². The zero-order valence-electron chi connectivity index (χ0n) is 13.1. The Balaban J connectivity index is 2.11. The predicted molar refractivity (Wildman–Crippen MR) is 88.5 cm³/mol. The second-order valence-electron chi connectivity index (χ2n) is 6.87. The molecular weight excluding hydrogens is 266 g/mol. The van der Waals surface area contributed by atoms with Crippen molar-refractivity contribution in [3.8, 4) is 0 Å². The van der Waals surface area contributed by atoms with Gasteiger partial charge in [0.2, 0.25) is 0 Å². The largest absolute Gasteiger partial charge is 0.388 e. The van der Waals surface area contributed by atoms with Gasteiger partial charge in [-0.2, -0.15) is 11.8 Å². The summed E-state index contributed by atoms with van der Waals surface area (Å²) in [5, 5.41) is 13.9.